The summed E-state index contributed by atoms with van der Waals surface area (Å²) in [6, 6.07) is 108. The number of hydrogen-bond acceptors (Lipinski definition) is 5. The summed E-state index contributed by atoms with van der Waals surface area (Å²) < 4.78 is 50.3. The van der Waals surface area contributed by atoms with Crippen LogP contribution in [0.4, 0.5) is 42.9 Å². The summed E-state index contributed by atoms with van der Waals surface area (Å²) in [7, 11) is 0. The summed E-state index contributed by atoms with van der Waals surface area (Å²) in [6.07, 6.45) is 0. The molecule has 19 rings (SSSR count). The van der Waals surface area contributed by atoms with Crippen LogP contribution in [0.3, 0.4) is 0 Å². The first-order valence-corrected chi connectivity index (χ1v) is 31.4. The van der Waals surface area contributed by atoms with E-state index < -0.39 is 10.8 Å². The van der Waals surface area contributed by atoms with E-state index in [2.05, 4.69) is 277 Å². The zero-order valence-corrected chi connectivity index (χ0v) is 49.9. The number of furan rings is 3. The van der Waals surface area contributed by atoms with Gasteiger partial charge in [-0.25, -0.2) is 8.78 Å². The van der Waals surface area contributed by atoms with Crippen molar-refractivity contribution in [2.24, 2.45) is 0 Å². The van der Waals surface area contributed by atoms with Gasteiger partial charge in [0, 0.05) is 78.6 Å². The van der Waals surface area contributed by atoms with Crippen molar-refractivity contribution < 1.29 is 22.0 Å². The first-order chi connectivity index (χ1) is 45.9. The molecule has 14 aromatic carbocycles. The smallest absolute Gasteiger partial charge is 0.137 e. The van der Waals surface area contributed by atoms with Crippen LogP contribution in [0.1, 0.15) is 44.5 Å². The zero-order chi connectivity index (χ0) is 61.5. The Labute approximate surface area is 533 Å². The Morgan fingerprint density at radius 2 is 0.484 bits per heavy atom. The van der Waals surface area contributed by atoms with Crippen molar-refractivity contribution in [3.8, 4) is 22.3 Å². The molecule has 0 unspecified atom stereocenters. The molecule has 0 N–H and O–H groups in total. The molecule has 0 atom stereocenters. The van der Waals surface area contributed by atoms with E-state index in [4.69, 9.17) is 13.3 Å². The minimum absolute atomic E-state index is 0.311. The van der Waals surface area contributed by atoms with Gasteiger partial charge in [-0.15, -0.1) is 0 Å². The highest BCUT2D eigenvalue weighted by molar-refractivity contribution is 6.19. The van der Waals surface area contributed by atoms with Crippen molar-refractivity contribution in [1.29, 1.82) is 0 Å². The molecule has 0 bridgehead atoms. The fourth-order valence-corrected chi connectivity index (χ4v) is 15.8. The molecule has 0 spiro atoms. The number of fused-ring (bicyclic) bond motifs is 15. The number of nitrogens with zero attached hydrogens (tertiary/aromatic N) is 2. The first kappa shape index (κ1) is 52.8. The molecule has 0 amide bonds. The average molecular weight is 1200 g/mol. The van der Waals surface area contributed by atoms with E-state index in [0.717, 1.165) is 88.7 Å². The van der Waals surface area contributed by atoms with Crippen LogP contribution < -0.4 is 9.80 Å². The van der Waals surface area contributed by atoms with Crippen molar-refractivity contribution in [1.82, 2.24) is 0 Å². The summed E-state index contributed by atoms with van der Waals surface area (Å²) in [5.41, 5.74) is 22.4. The molecule has 17 aromatic rings. The van der Waals surface area contributed by atoms with Gasteiger partial charge < -0.3 is 23.1 Å². The predicted molar refractivity (Wildman–Crippen MR) is 372 cm³/mol. The molecule has 0 fully saturated rings. The molecule has 0 aliphatic heterocycles. The average Bonchev–Trinajstić information content (AvgIpc) is 1.56. The van der Waals surface area contributed by atoms with E-state index in [1.54, 1.807) is 0 Å². The third-order valence-electron chi connectivity index (χ3n) is 19.7. The molecule has 5 nitrogen and oxygen atoms in total. The second-order valence-electron chi connectivity index (χ2n) is 24.5. The molecule has 93 heavy (non-hydrogen) atoms. The van der Waals surface area contributed by atoms with Gasteiger partial charge in [-0.2, -0.15) is 0 Å². The molecule has 0 radical (unpaired) electrons. The number of anilines is 6. The fourth-order valence-electron chi connectivity index (χ4n) is 15.8. The Balaban J connectivity index is 0.715. The van der Waals surface area contributed by atoms with Crippen molar-refractivity contribution in [2.75, 3.05) is 9.80 Å². The van der Waals surface area contributed by atoms with E-state index in [1.807, 2.05) is 24.3 Å². The zero-order valence-electron chi connectivity index (χ0n) is 49.9. The molecule has 0 saturated carbocycles. The van der Waals surface area contributed by atoms with Gasteiger partial charge in [0.25, 0.3) is 0 Å². The summed E-state index contributed by atoms with van der Waals surface area (Å²) in [6.45, 7) is 0. The SMILES string of the molecule is Fc1ccc(N(c2ccc3c(c2)C(c2ccccc2)(c2ccccc2)c2ccccc2-3)c2ccc3c(c2)oc2cc4c(cc23)oc2cc3c(cc24)oc2cc(N(c4ccc(F)cc4)c4ccc5c(c4)C(c4ccccc4)(c4ccccc4)c4ccccc4-5)ccc23)cc1. The quantitative estimate of drug-likeness (QED) is 0.137. The highest BCUT2D eigenvalue weighted by Crippen LogP contribution is 2.59. The first-order valence-electron chi connectivity index (χ1n) is 31.4. The third kappa shape index (κ3) is 7.77. The highest BCUT2D eigenvalue weighted by atomic mass is 19.1. The van der Waals surface area contributed by atoms with E-state index >= 15 is 0 Å². The fraction of sp³-hybridized carbons (Fsp3) is 0.0233. The minimum Gasteiger partial charge on any atom is -0.456 e. The van der Waals surface area contributed by atoms with Crippen molar-refractivity contribution >= 4 is 99.9 Å². The number of halogens is 2. The van der Waals surface area contributed by atoms with Crippen LogP contribution in [0, 0.1) is 11.6 Å². The summed E-state index contributed by atoms with van der Waals surface area (Å²) in [5.74, 6) is -0.623. The Bertz CT molecular complexity index is 5400. The Kier molecular flexibility index (Phi) is 11.5. The molecule has 0 saturated heterocycles. The largest absolute Gasteiger partial charge is 0.456 e. The number of hydrogen-bond donors (Lipinski definition) is 0. The van der Waals surface area contributed by atoms with E-state index in [9.17, 15) is 8.78 Å². The lowest BCUT2D eigenvalue weighted by atomic mass is 9.67. The van der Waals surface area contributed by atoms with Gasteiger partial charge in [-0.1, -0.05) is 182 Å². The number of benzene rings is 14. The van der Waals surface area contributed by atoms with Crippen LogP contribution >= 0.6 is 0 Å². The van der Waals surface area contributed by atoms with E-state index in [-0.39, 0.29) is 11.6 Å². The van der Waals surface area contributed by atoms with Gasteiger partial charge in [0.1, 0.15) is 45.1 Å². The van der Waals surface area contributed by atoms with E-state index in [1.165, 1.54) is 79.9 Å². The second-order valence-corrected chi connectivity index (χ2v) is 24.5. The van der Waals surface area contributed by atoms with Gasteiger partial charge in [-0.05, 0) is 188 Å². The van der Waals surface area contributed by atoms with Crippen LogP contribution in [-0.2, 0) is 10.8 Å². The Hall–Kier alpha value is -12.1. The van der Waals surface area contributed by atoms with Crippen molar-refractivity contribution in [2.45, 2.75) is 10.8 Å². The predicted octanol–water partition coefficient (Wildman–Crippen LogP) is 23.3. The molecule has 3 heterocycles. The molecule has 3 aromatic heterocycles. The molecule has 2 aliphatic rings. The van der Waals surface area contributed by atoms with Crippen LogP contribution in [-0.4, -0.2) is 0 Å². The van der Waals surface area contributed by atoms with Crippen LogP contribution in [0.25, 0.3) is 88.1 Å². The lowest BCUT2D eigenvalue weighted by Crippen LogP contribution is -2.28. The Morgan fingerprint density at radius 1 is 0.215 bits per heavy atom. The van der Waals surface area contributed by atoms with Gasteiger partial charge in [0.05, 0.1) is 10.8 Å². The lowest BCUT2D eigenvalue weighted by Gasteiger charge is -2.35. The molecule has 2 aliphatic carbocycles. The highest BCUT2D eigenvalue weighted by Gasteiger charge is 2.48. The van der Waals surface area contributed by atoms with Gasteiger partial charge in [-0.3, -0.25) is 0 Å². The normalized spacial score (nSPS) is 13.4. The maximum absolute atomic E-state index is 14.9. The molecule has 7 heteroatoms. The maximum atomic E-state index is 14.9. The summed E-state index contributed by atoms with van der Waals surface area (Å²) in [4.78, 5) is 4.37. The van der Waals surface area contributed by atoms with Gasteiger partial charge in [0.2, 0.25) is 0 Å². The van der Waals surface area contributed by atoms with Crippen LogP contribution in [0.2, 0.25) is 0 Å². The van der Waals surface area contributed by atoms with E-state index in [0.29, 0.717) is 22.3 Å². The summed E-state index contributed by atoms with van der Waals surface area (Å²) >= 11 is 0. The van der Waals surface area contributed by atoms with Crippen molar-refractivity contribution in [3.05, 3.63) is 372 Å². The van der Waals surface area contributed by atoms with Gasteiger partial charge in [0.15, 0.2) is 0 Å². The topological polar surface area (TPSA) is 45.9 Å². The molecule has 438 valence electrons. The molecular weight excluding hydrogens is 1150 g/mol. The second kappa shape index (κ2) is 20.2. The minimum atomic E-state index is -0.614. The monoisotopic (exact) mass is 1200 g/mol. The third-order valence-corrected chi connectivity index (χ3v) is 19.7. The number of rotatable bonds is 10. The summed E-state index contributed by atoms with van der Waals surface area (Å²) in [5, 5.41) is 5.52. The molecular formula is C86H52F2N2O3. The standard InChI is InChI=1S/C86H52F2N2O3/c87-57-29-33-59(34-30-57)89(61-37-41-67-65-25-13-15-27-75(65)85(77(67)45-61,53-17-5-1-6-18-53)54-19-7-2-8-20-54)63-39-43-69-71-49-83-73(51-81(71)91-79(69)47-63)74-52-82-72(50-84(74)93-83)70-44-40-64(48-80(70)92-82)90(60-35-31-58(88)32-36-60)62-38-42-68-66-26-14-16-28-76(66)86(78(68)46-62,55-21-9-3-10-22-55)56-23-11-4-12-24-56/h1-52H. The van der Waals surface area contributed by atoms with Crippen LogP contribution in [0.15, 0.2) is 329 Å². The van der Waals surface area contributed by atoms with Crippen molar-refractivity contribution in [3.63, 3.8) is 0 Å². The lowest BCUT2D eigenvalue weighted by molar-refractivity contribution is 0.627. The van der Waals surface area contributed by atoms with Crippen LogP contribution in [0.5, 0.6) is 0 Å². The Morgan fingerprint density at radius 3 is 0.839 bits per heavy atom. The van der Waals surface area contributed by atoms with Gasteiger partial charge >= 0.3 is 0 Å². The maximum Gasteiger partial charge on any atom is 0.137 e.